The minimum atomic E-state index is -1.00. The van der Waals surface area contributed by atoms with Gasteiger partial charge in [-0.15, -0.1) is 11.6 Å². The van der Waals surface area contributed by atoms with Gasteiger partial charge in [0.1, 0.15) is 6.10 Å². The van der Waals surface area contributed by atoms with Gasteiger partial charge >= 0.3 is 0 Å². The highest BCUT2D eigenvalue weighted by Crippen LogP contribution is 2.28. The molecule has 0 heterocycles. The Morgan fingerprint density at radius 2 is 2.00 bits per heavy atom. The van der Waals surface area contributed by atoms with Crippen molar-refractivity contribution < 1.29 is 10.2 Å². The van der Waals surface area contributed by atoms with Gasteiger partial charge in [-0.3, -0.25) is 0 Å². The molecular weight excluding hydrogens is 291 g/mol. The fourth-order valence-electron chi connectivity index (χ4n) is 1.03. The van der Waals surface area contributed by atoms with Crippen molar-refractivity contribution in [2.45, 2.75) is 12.2 Å². The molecule has 0 fully saturated rings. The molecule has 2 nitrogen and oxygen atoms in total. The van der Waals surface area contributed by atoms with Crippen LogP contribution in [-0.2, 0) is 0 Å². The standard InChI is InChI=1S/C9H9BrCl2O2/c10-7-3-5(12)1-2-6(7)9(14)8(13)4-11/h1-3,8-9,13-14H,4H2. The molecule has 2 unspecified atom stereocenters. The number of aliphatic hydroxyl groups excluding tert-OH is 2. The van der Waals surface area contributed by atoms with Crippen LogP contribution in [0, 0.1) is 0 Å². The first-order chi connectivity index (χ1) is 6.56. The molecule has 0 aliphatic carbocycles. The number of alkyl halides is 1. The van der Waals surface area contributed by atoms with Crippen molar-refractivity contribution >= 4 is 39.1 Å². The van der Waals surface area contributed by atoms with Crippen LogP contribution in [0.2, 0.25) is 5.02 Å². The molecule has 0 saturated heterocycles. The zero-order valence-electron chi connectivity index (χ0n) is 7.12. The third-order valence-electron chi connectivity index (χ3n) is 1.80. The van der Waals surface area contributed by atoms with Crippen LogP contribution in [-0.4, -0.2) is 22.2 Å². The van der Waals surface area contributed by atoms with Crippen LogP contribution in [0.5, 0.6) is 0 Å². The zero-order chi connectivity index (χ0) is 10.7. The second-order valence-electron chi connectivity index (χ2n) is 2.83. The molecule has 0 aliphatic heterocycles. The summed E-state index contributed by atoms with van der Waals surface area (Å²) in [5, 5.41) is 19.6. The van der Waals surface area contributed by atoms with E-state index in [4.69, 9.17) is 23.2 Å². The maximum absolute atomic E-state index is 9.65. The average molecular weight is 300 g/mol. The van der Waals surface area contributed by atoms with E-state index in [1.807, 2.05) is 0 Å². The van der Waals surface area contributed by atoms with Crippen LogP contribution >= 0.6 is 39.1 Å². The minimum Gasteiger partial charge on any atom is -0.389 e. The molecule has 0 aromatic heterocycles. The molecule has 5 heteroatoms. The van der Waals surface area contributed by atoms with Crippen LogP contribution in [0.4, 0.5) is 0 Å². The Bertz CT molecular complexity index is 320. The first-order valence-corrected chi connectivity index (χ1v) is 5.64. The normalized spacial score (nSPS) is 15.2. The van der Waals surface area contributed by atoms with E-state index in [1.54, 1.807) is 18.2 Å². The zero-order valence-corrected chi connectivity index (χ0v) is 10.2. The van der Waals surface area contributed by atoms with Crippen molar-refractivity contribution in [3.05, 3.63) is 33.3 Å². The Morgan fingerprint density at radius 3 is 2.50 bits per heavy atom. The molecule has 2 atom stereocenters. The summed E-state index contributed by atoms with van der Waals surface area (Å²) >= 11 is 14.4. The molecule has 14 heavy (non-hydrogen) atoms. The van der Waals surface area contributed by atoms with Crippen LogP contribution in [0.25, 0.3) is 0 Å². The number of benzene rings is 1. The summed E-state index contributed by atoms with van der Waals surface area (Å²) in [7, 11) is 0. The lowest BCUT2D eigenvalue weighted by Gasteiger charge is -2.17. The minimum absolute atomic E-state index is 0.0176. The summed E-state index contributed by atoms with van der Waals surface area (Å²) in [5.41, 5.74) is 0.572. The molecule has 0 saturated carbocycles. The number of hydrogen-bond donors (Lipinski definition) is 2. The van der Waals surface area contributed by atoms with Gasteiger partial charge in [0.2, 0.25) is 0 Å². The predicted octanol–water partition coefficient (Wildman–Crippen LogP) is 2.74. The van der Waals surface area contributed by atoms with Crippen LogP contribution in [0.15, 0.2) is 22.7 Å². The first kappa shape index (κ1) is 12.3. The van der Waals surface area contributed by atoms with E-state index in [9.17, 15) is 10.2 Å². The van der Waals surface area contributed by atoms with Crippen LogP contribution in [0.1, 0.15) is 11.7 Å². The van der Waals surface area contributed by atoms with Gasteiger partial charge in [0.15, 0.2) is 0 Å². The van der Waals surface area contributed by atoms with Crippen molar-refractivity contribution in [3.63, 3.8) is 0 Å². The fraction of sp³-hybridized carbons (Fsp3) is 0.333. The summed E-state index contributed by atoms with van der Waals surface area (Å²) < 4.78 is 0.654. The highest BCUT2D eigenvalue weighted by atomic mass is 79.9. The van der Waals surface area contributed by atoms with Gasteiger partial charge < -0.3 is 10.2 Å². The van der Waals surface area contributed by atoms with E-state index >= 15 is 0 Å². The highest BCUT2D eigenvalue weighted by Gasteiger charge is 2.19. The Labute approximate surface area is 101 Å². The Morgan fingerprint density at radius 1 is 1.36 bits per heavy atom. The maximum atomic E-state index is 9.65. The Hall–Kier alpha value is 0.200. The van der Waals surface area contributed by atoms with Crippen LogP contribution < -0.4 is 0 Å². The van der Waals surface area contributed by atoms with E-state index in [2.05, 4.69) is 15.9 Å². The second-order valence-corrected chi connectivity index (χ2v) is 4.43. The van der Waals surface area contributed by atoms with Crippen molar-refractivity contribution in [3.8, 4) is 0 Å². The lowest BCUT2D eigenvalue weighted by atomic mass is 10.1. The molecule has 78 valence electrons. The summed E-state index contributed by atoms with van der Waals surface area (Å²) in [4.78, 5) is 0. The van der Waals surface area contributed by atoms with Gasteiger partial charge in [-0.25, -0.2) is 0 Å². The SMILES string of the molecule is OC(CCl)C(O)c1ccc(Cl)cc1Br. The molecular formula is C9H9BrCl2O2. The summed E-state index contributed by atoms with van der Waals surface area (Å²) in [6, 6.07) is 4.94. The third kappa shape index (κ3) is 2.84. The number of rotatable bonds is 3. The lowest BCUT2D eigenvalue weighted by Crippen LogP contribution is -2.19. The monoisotopic (exact) mass is 298 g/mol. The Kier molecular flexibility index (Phi) is 4.67. The van der Waals surface area contributed by atoms with E-state index in [-0.39, 0.29) is 5.88 Å². The average Bonchev–Trinajstić information content (AvgIpc) is 2.15. The predicted molar refractivity (Wildman–Crippen MR) is 60.8 cm³/mol. The molecule has 2 N–H and O–H groups in total. The quantitative estimate of drug-likeness (QED) is 0.843. The fourth-order valence-corrected chi connectivity index (χ4v) is 2.12. The van der Waals surface area contributed by atoms with Gasteiger partial charge in [-0.05, 0) is 17.7 Å². The Balaban J connectivity index is 2.95. The molecule has 0 aliphatic rings. The van der Waals surface area contributed by atoms with Crippen LogP contribution in [0.3, 0.4) is 0 Å². The summed E-state index contributed by atoms with van der Waals surface area (Å²) in [6.07, 6.45) is -1.98. The summed E-state index contributed by atoms with van der Waals surface area (Å²) in [6.45, 7) is 0. The van der Waals surface area contributed by atoms with E-state index in [0.717, 1.165) is 0 Å². The molecule has 0 bridgehead atoms. The number of aliphatic hydroxyl groups is 2. The summed E-state index contributed by atoms with van der Waals surface area (Å²) in [5.74, 6) is -0.0176. The molecule has 1 aromatic carbocycles. The van der Waals surface area contributed by atoms with Gasteiger partial charge in [0.05, 0.1) is 12.0 Å². The smallest absolute Gasteiger partial charge is 0.107 e. The maximum Gasteiger partial charge on any atom is 0.107 e. The number of hydrogen-bond acceptors (Lipinski definition) is 2. The number of halogens is 3. The van der Waals surface area contributed by atoms with Crippen molar-refractivity contribution in [2.75, 3.05) is 5.88 Å². The molecule has 0 spiro atoms. The lowest BCUT2D eigenvalue weighted by molar-refractivity contribution is 0.0323. The largest absolute Gasteiger partial charge is 0.389 e. The first-order valence-electron chi connectivity index (χ1n) is 3.93. The second kappa shape index (κ2) is 5.33. The van der Waals surface area contributed by atoms with Gasteiger partial charge in [0.25, 0.3) is 0 Å². The topological polar surface area (TPSA) is 40.5 Å². The molecule has 0 radical (unpaired) electrons. The van der Waals surface area contributed by atoms with E-state index in [1.165, 1.54) is 0 Å². The van der Waals surface area contributed by atoms with Crippen molar-refractivity contribution in [1.82, 2.24) is 0 Å². The van der Waals surface area contributed by atoms with E-state index in [0.29, 0.717) is 15.1 Å². The molecule has 1 aromatic rings. The third-order valence-corrected chi connectivity index (χ3v) is 3.04. The highest BCUT2D eigenvalue weighted by molar-refractivity contribution is 9.10. The van der Waals surface area contributed by atoms with Crippen molar-refractivity contribution in [1.29, 1.82) is 0 Å². The van der Waals surface area contributed by atoms with E-state index < -0.39 is 12.2 Å². The molecule has 0 amide bonds. The van der Waals surface area contributed by atoms with Gasteiger partial charge in [0, 0.05) is 9.50 Å². The van der Waals surface area contributed by atoms with Gasteiger partial charge in [-0.2, -0.15) is 0 Å². The van der Waals surface area contributed by atoms with Crippen molar-refractivity contribution in [2.24, 2.45) is 0 Å². The molecule has 1 rings (SSSR count). The van der Waals surface area contributed by atoms with Gasteiger partial charge in [-0.1, -0.05) is 33.6 Å².